The van der Waals surface area contributed by atoms with Crippen LogP contribution in [0.25, 0.3) is 22.2 Å². The van der Waals surface area contributed by atoms with E-state index in [1.165, 1.54) is 6.92 Å². The monoisotopic (exact) mass is 502 g/mol. The van der Waals surface area contributed by atoms with E-state index >= 15 is 0 Å². The van der Waals surface area contributed by atoms with Crippen LogP contribution in [0.3, 0.4) is 0 Å². The van der Waals surface area contributed by atoms with Crippen LogP contribution in [0.1, 0.15) is 46.0 Å². The molecule has 36 heavy (non-hydrogen) atoms. The predicted molar refractivity (Wildman–Crippen MR) is 135 cm³/mol. The van der Waals surface area contributed by atoms with Gasteiger partial charge < -0.3 is 14.0 Å². The van der Waals surface area contributed by atoms with Gasteiger partial charge in [0.1, 0.15) is 24.4 Å². The average Bonchev–Trinajstić information content (AvgIpc) is 3.22. The zero-order valence-corrected chi connectivity index (χ0v) is 21.5. The molecule has 3 aromatic rings. The van der Waals surface area contributed by atoms with E-state index in [1.807, 2.05) is 19.1 Å². The van der Waals surface area contributed by atoms with Crippen LogP contribution < -0.4 is 4.74 Å². The van der Waals surface area contributed by atoms with Crippen molar-refractivity contribution < 1.29 is 27.4 Å². The van der Waals surface area contributed by atoms with Gasteiger partial charge in [-0.25, -0.2) is 4.79 Å². The second-order valence-electron chi connectivity index (χ2n) is 9.20. The quantitative estimate of drug-likeness (QED) is 0.223. The maximum absolute atomic E-state index is 13.8. The molecular formula is C28H33F3N2O3. The lowest BCUT2D eigenvalue weighted by Gasteiger charge is -2.31. The first-order chi connectivity index (χ1) is 16.9. The molecule has 3 rings (SSSR count). The van der Waals surface area contributed by atoms with Gasteiger partial charge >= 0.3 is 12.1 Å². The number of alkyl halides is 3. The minimum absolute atomic E-state index is 0.0350. The normalized spacial score (nSPS) is 13.4. The molecule has 0 aliphatic heterocycles. The topological polar surface area (TPSA) is 53.4 Å². The molecule has 1 atom stereocenters. The van der Waals surface area contributed by atoms with E-state index in [2.05, 4.69) is 37.1 Å². The third-order valence-corrected chi connectivity index (χ3v) is 6.31. The Morgan fingerprint density at radius 1 is 1.06 bits per heavy atom. The van der Waals surface area contributed by atoms with E-state index in [0.29, 0.717) is 12.3 Å². The van der Waals surface area contributed by atoms with E-state index in [1.54, 1.807) is 12.1 Å². The zero-order chi connectivity index (χ0) is 26.7. The molecule has 0 saturated heterocycles. The number of carbonyl (C=O) groups is 1. The lowest BCUT2D eigenvalue weighted by molar-refractivity contribution is -0.240. The van der Waals surface area contributed by atoms with Crippen molar-refractivity contribution in [3.05, 3.63) is 59.9 Å². The number of pyridine rings is 1. The Kier molecular flexibility index (Phi) is 8.16. The van der Waals surface area contributed by atoms with Crippen molar-refractivity contribution in [1.82, 2.24) is 9.55 Å². The number of nitrogens with zero attached hydrogens (tertiary/aromatic N) is 2. The van der Waals surface area contributed by atoms with Crippen molar-refractivity contribution in [3.8, 4) is 17.0 Å². The molecule has 0 saturated carbocycles. The van der Waals surface area contributed by atoms with Gasteiger partial charge in [-0.3, -0.25) is 4.98 Å². The first-order valence-corrected chi connectivity index (χ1v) is 12.1. The molecule has 0 radical (unpaired) electrons. The molecule has 1 unspecified atom stereocenters. The fourth-order valence-corrected chi connectivity index (χ4v) is 3.93. The predicted octanol–water partition coefficient (Wildman–Crippen LogP) is 6.91. The van der Waals surface area contributed by atoms with Crippen LogP contribution in [-0.4, -0.2) is 34.9 Å². The maximum atomic E-state index is 13.8. The van der Waals surface area contributed by atoms with Crippen LogP contribution in [0.5, 0.6) is 5.75 Å². The van der Waals surface area contributed by atoms with Gasteiger partial charge in [-0.1, -0.05) is 20.4 Å². The third kappa shape index (κ3) is 5.58. The van der Waals surface area contributed by atoms with Crippen molar-refractivity contribution in [3.63, 3.8) is 0 Å². The van der Waals surface area contributed by atoms with Gasteiger partial charge in [0.25, 0.3) is 0 Å². The molecule has 194 valence electrons. The number of halogens is 3. The van der Waals surface area contributed by atoms with Gasteiger partial charge in [0.15, 0.2) is 0 Å². The molecule has 0 fully saturated rings. The molecule has 0 aliphatic rings. The Morgan fingerprint density at radius 2 is 1.78 bits per heavy atom. The van der Waals surface area contributed by atoms with Crippen LogP contribution in [0, 0.1) is 5.41 Å². The SMILES string of the molecule is C=C(C)C(=O)OCC(C)(COc1ccc2cc(-c3ccc(CC)nc3CC)n(CC)c2c1)C(F)(F)F. The minimum Gasteiger partial charge on any atom is -0.492 e. The summed E-state index contributed by atoms with van der Waals surface area (Å²) in [6.45, 7) is 11.0. The number of hydrogen-bond acceptors (Lipinski definition) is 4. The van der Waals surface area contributed by atoms with Gasteiger partial charge in [-0.2, -0.15) is 13.2 Å². The van der Waals surface area contributed by atoms with E-state index in [-0.39, 0.29) is 5.57 Å². The van der Waals surface area contributed by atoms with Gasteiger partial charge in [0.05, 0.1) is 11.2 Å². The number of benzene rings is 1. The van der Waals surface area contributed by atoms with Crippen molar-refractivity contribution in [2.24, 2.45) is 5.41 Å². The maximum Gasteiger partial charge on any atom is 0.400 e. The number of fused-ring (bicyclic) bond motifs is 1. The van der Waals surface area contributed by atoms with Crippen molar-refractivity contribution >= 4 is 16.9 Å². The highest BCUT2D eigenvalue weighted by Crippen LogP contribution is 2.39. The number of rotatable bonds is 10. The molecule has 0 bridgehead atoms. The summed E-state index contributed by atoms with van der Waals surface area (Å²) in [6.07, 6.45) is -3.00. The largest absolute Gasteiger partial charge is 0.492 e. The average molecular weight is 503 g/mol. The molecule has 2 aromatic heterocycles. The van der Waals surface area contributed by atoms with Gasteiger partial charge in [0.2, 0.25) is 0 Å². The van der Waals surface area contributed by atoms with E-state index < -0.39 is 30.8 Å². The molecule has 0 spiro atoms. The molecule has 0 aliphatic carbocycles. The Bertz CT molecular complexity index is 1260. The number of esters is 1. The summed E-state index contributed by atoms with van der Waals surface area (Å²) in [5, 5.41) is 0.954. The number of aryl methyl sites for hydroxylation is 3. The second kappa shape index (κ2) is 10.8. The summed E-state index contributed by atoms with van der Waals surface area (Å²) < 4.78 is 54.1. The summed E-state index contributed by atoms with van der Waals surface area (Å²) >= 11 is 0. The molecule has 0 amide bonds. The van der Waals surface area contributed by atoms with Gasteiger partial charge in [-0.15, -0.1) is 0 Å². The Morgan fingerprint density at radius 3 is 2.36 bits per heavy atom. The second-order valence-corrected chi connectivity index (χ2v) is 9.20. The van der Waals surface area contributed by atoms with Crippen LogP contribution >= 0.6 is 0 Å². The van der Waals surface area contributed by atoms with Crippen LogP contribution in [0.4, 0.5) is 13.2 Å². The third-order valence-electron chi connectivity index (χ3n) is 6.31. The fraction of sp³-hybridized carbons (Fsp3) is 0.429. The highest BCUT2D eigenvalue weighted by atomic mass is 19.4. The Hall–Kier alpha value is -3.29. The molecular weight excluding hydrogens is 469 g/mol. The summed E-state index contributed by atoms with van der Waals surface area (Å²) in [6, 6.07) is 11.4. The first-order valence-electron chi connectivity index (χ1n) is 12.1. The highest BCUT2D eigenvalue weighted by Gasteiger charge is 2.53. The molecule has 0 N–H and O–H groups in total. The molecule has 5 nitrogen and oxygen atoms in total. The summed E-state index contributed by atoms with van der Waals surface area (Å²) in [7, 11) is 0. The van der Waals surface area contributed by atoms with Crippen molar-refractivity contribution in [2.75, 3.05) is 13.2 Å². The van der Waals surface area contributed by atoms with E-state index in [0.717, 1.165) is 53.3 Å². The van der Waals surface area contributed by atoms with Crippen LogP contribution in [0.2, 0.25) is 0 Å². The number of ether oxygens (including phenoxy) is 2. The number of carbonyl (C=O) groups excluding carboxylic acids is 1. The van der Waals surface area contributed by atoms with Crippen LogP contribution in [0.15, 0.2) is 48.6 Å². The van der Waals surface area contributed by atoms with Crippen LogP contribution in [-0.2, 0) is 28.9 Å². The Balaban J connectivity index is 1.92. The number of aromatic nitrogens is 2. The molecule has 8 heteroatoms. The highest BCUT2D eigenvalue weighted by molar-refractivity contribution is 5.88. The fourth-order valence-electron chi connectivity index (χ4n) is 3.93. The lowest BCUT2D eigenvalue weighted by Crippen LogP contribution is -2.44. The van der Waals surface area contributed by atoms with E-state index in [9.17, 15) is 18.0 Å². The standard InChI is InChI=1S/C28H33F3N2O3/c1-7-20-11-13-22(23(8-2)32-20)25-14-19-10-12-21(15-24(19)33(25)9-3)35-16-27(6,28(29,30)31)17-36-26(34)18(4)5/h10-15H,4,7-9,16-17H2,1-3,5-6H3. The molecule has 2 heterocycles. The lowest BCUT2D eigenvalue weighted by atomic mass is 9.92. The van der Waals surface area contributed by atoms with Crippen molar-refractivity contribution in [2.45, 2.75) is 60.2 Å². The summed E-state index contributed by atoms with van der Waals surface area (Å²) in [4.78, 5) is 16.5. The Labute approximate surface area is 209 Å². The number of hydrogen-bond donors (Lipinski definition) is 0. The summed E-state index contributed by atoms with van der Waals surface area (Å²) in [5.74, 6) is -0.563. The smallest absolute Gasteiger partial charge is 0.400 e. The zero-order valence-electron chi connectivity index (χ0n) is 21.5. The molecule has 1 aromatic carbocycles. The van der Waals surface area contributed by atoms with Gasteiger partial charge in [-0.05, 0) is 63.9 Å². The van der Waals surface area contributed by atoms with Gasteiger partial charge in [0, 0.05) is 40.5 Å². The summed E-state index contributed by atoms with van der Waals surface area (Å²) in [5.41, 5.74) is 2.60. The van der Waals surface area contributed by atoms with E-state index in [4.69, 9.17) is 14.5 Å². The minimum atomic E-state index is -4.64. The van der Waals surface area contributed by atoms with Crippen molar-refractivity contribution in [1.29, 1.82) is 0 Å². The first kappa shape index (κ1) is 27.3.